The third kappa shape index (κ3) is 2.48. The first-order valence-corrected chi connectivity index (χ1v) is 7.36. The first kappa shape index (κ1) is 13.9. The van der Waals surface area contributed by atoms with Crippen molar-refractivity contribution in [2.24, 2.45) is 0 Å². The molecule has 0 aliphatic carbocycles. The van der Waals surface area contributed by atoms with E-state index in [1.54, 1.807) is 6.26 Å². The predicted molar refractivity (Wildman–Crippen MR) is 77.3 cm³/mol. The molecule has 1 saturated heterocycles. The van der Waals surface area contributed by atoms with Crippen molar-refractivity contribution in [1.29, 1.82) is 0 Å². The van der Waals surface area contributed by atoms with E-state index in [0.717, 1.165) is 18.7 Å². The number of hydrogen-bond donors (Lipinski definition) is 0. The maximum Gasteiger partial charge on any atom is 0.259 e. The highest BCUT2D eigenvalue weighted by atomic mass is 16.5. The summed E-state index contributed by atoms with van der Waals surface area (Å²) >= 11 is 0. The van der Waals surface area contributed by atoms with Gasteiger partial charge in [0, 0.05) is 24.9 Å². The largest absolute Gasteiger partial charge is 0.469 e. The number of aromatic nitrogens is 1. The molecule has 0 spiro atoms. The molecule has 5 nitrogen and oxygen atoms in total. The van der Waals surface area contributed by atoms with Crippen molar-refractivity contribution in [1.82, 2.24) is 10.1 Å². The highest BCUT2D eigenvalue weighted by Crippen LogP contribution is 2.30. The first-order valence-electron chi connectivity index (χ1n) is 7.36. The van der Waals surface area contributed by atoms with E-state index in [0.29, 0.717) is 23.6 Å². The van der Waals surface area contributed by atoms with Gasteiger partial charge in [0.25, 0.3) is 5.91 Å². The highest BCUT2D eigenvalue weighted by molar-refractivity contribution is 5.96. The summed E-state index contributed by atoms with van der Waals surface area (Å²) in [4.78, 5) is 14.6. The maximum atomic E-state index is 12.8. The summed E-state index contributed by atoms with van der Waals surface area (Å²) in [5, 5.41) is 3.96. The van der Waals surface area contributed by atoms with Crippen LogP contribution in [-0.4, -0.2) is 29.1 Å². The van der Waals surface area contributed by atoms with E-state index in [1.165, 1.54) is 0 Å². The second kappa shape index (κ2) is 5.39. The lowest BCUT2D eigenvalue weighted by Crippen LogP contribution is -2.29. The van der Waals surface area contributed by atoms with Gasteiger partial charge in [-0.25, -0.2) is 0 Å². The van der Waals surface area contributed by atoms with Crippen LogP contribution in [0.2, 0.25) is 0 Å². The number of hydrogen-bond acceptors (Lipinski definition) is 4. The van der Waals surface area contributed by atoms with Crippen LogP contribution >= 0.6 is 0 Å². The van der Waals surface area contributed by atoms with Crippen LogP contribution < -0.4 is 0 Å². The van der Waals surface area contributed by atoms with Crippen molar-refractivity contribution in [3.63, 3.8) is 0 Å². The summed E-state index contributed by atoms with van der Waals surface area (Å²) < 4.78 is 10.8. The summed E-state index contributed by atoms with van der Waals surface area (Å²) in [7, 11) is 0. The highest BCUT2D eigenvalue weighted by Gasteiger charge is 2.33. The minimum Gasteiger partial charge on any atom is -0.469 e. The summed E-state index contributed by atoms with van der Waals surface area (Å²) in [5.41, 5.74) is 1.30. The zero-order valence-electron chi connectivity index (χ0n) is 12.6. The third-order valence-electron chi connectivity index (χ3n) is 4.05. The monoisotopic (exact) mass is 288 g/mol. The van der Waals surface area contributed by atoms with Gasteiger partial charge >= 0.3 is 0 Å². The fraction of sp³-hybridized carbons (Fsp3) is 0.500. The summed E-state index contributed by atoms with van der Waals surface area (Å²) in [6.07, 6.45) is 2.61. The number of amides is 1. The Morgan fingerprint density at radius 2 is 2.29 bits per heavy atom. The Morgan fingerprint density at radius 1 is 1.48 bits per heavy atom. The van der Waals surface area contributed by atoms with Gasteiger partial charge in [0.1, 0.15) is 11.3 Å². The molecule has 1 amide bonds. The summed E-state index contributed by atoms with van der Waals surface area (Å²) in [5.74, 6) is 2.09. The zero-order chi connectivity index (χ0) is 15.0. The molecule has 112 valence electrons. The number of nitrogens with zero attached hydrogens (tertiary/aromatic N) is 2. The first-order chi connectivity index (χ1) is 10.1. The van der Waals surface area contributed by atoms with Crippen LogP contribution in [0.25, 0.3) is 0 Å². The van der Waals surface area contributed by atoms with E-state index in [4.69, 9.17) is 8.94 Å². The van der Waals surface area contributed by atoms with Crippen molar-refractivity contribution < 1.29 is 13.7 Å². The average Bonchev–Trinajstić information content (AvgIpc) is 3.17. The van der Waals surface area contributed by atoms with Gasteiger partial charge in [0.15, 0.2) is 5.76 Å². The Kier molecular flexibility index (Phi) is 3.57. The van der Waals surface area contributed by atoms with Crippen LogP contribution in [0.15, 0.2) is 27.3 Å². The number of rotatable bonds is 3. The maximum absolute atomic E-state index is 12.8. The lowest BCUT2D eigenvalue weighted by molar-refractivity contribution is 0.0786. The molecule has 3 rings (SSSR count). The summed E-state index contributed by atoms with van der Waals surface area (Å²) in [6, 6.07) is 3.86. The van der Waals surface area contributed by atoms with Crippen LogP contribution in [0.5, 0.6) is 0 Å². The molecule has 5 heteroatoms. The Hall–Kier alpha value is -2.04. The Labute approximate surface area is 123 Å². The molecule has 1 aliphatic heterocycles. The van der Waals surface area contributed by atoms with Crippen molar-refractivity contribution >= 4 is 5.91 Å². The molecule has 1 atom stereocenters. The minimum absolute atomic E-state index is 0.0199. The van der Waals surface area contributed by atoms with Crippen LogP contribution in [-0.2, 0) is 0 Å². The van der Waals surface area contributed by atoms with E-state index < -0.39 is 0 Å². The normalized spacial score (nSPS) is 18.7. The number of carbonyl (C=O) groups excluding carboxylic acids is 1. The number of carbonyl (C=O) groups is 1. The minimum atomic E-state index is 0.0199. The van der Waals surface area contributed by atoms with Gasteiger partial charge in [-0.05, 0) is 25.5 Å². The van der Waals surface area contributed by atoms with E-state index in [1.807, 2.05) is 37.8 Å². The molecule has 0 radical (unpaired) electrons. The van der Waals surface area contributed by atoms with Gasteiger partial charge in [-0.3, -0.25) is 4.79 Å². The van der Waals surface area contributed by atoms with Gasteiger partial charge in [0.05, 0.1) is 12.0 Å². The quantitative estimate of drug-likeness (QED) is 0.869. The summed E-state index contributed by atoms with van der Waals surface area (Å²) in [6.45, 7) is 7.27. The Morgan fingerprint density at radius 3 is 2.95 bits per heavy atom. The molecule has 3 heterocycles. The van der Waals surface area contributed by atoms with Crippen LogP contribution in [0.3, 0.4) is 0 Å². The molecule has 2 aromatic heterocycles. The van der Waals surface area contributed by atoms with E-state index in [2.05, 4.69) is 5.16 Å². The third-order valence-corrected chi connectivity index (χ3v) is 4.05. The van der Waals surface area contributed by atoms with Gasteiger partial charge < -0.3 is 13.8 Å². The standard InChI is InChI=1S/C16H20N2O3/c1-10(2)15-14(11(3)17-21-15)16(19)18-7-6-12(9-18)13-5-4-8-20-13/h4-5,8,10,12H,6-7,9H2,1-3H3. The molecule has 0 aromatic carbocycles. The SMILES string of the molecule is Cc1noc(C(C)C)c1C(=O)N1CCC(c2ccco2)C1. The molecule has 0 bridgehead atoms. The smallest absolute Gasteiger partial charge is 0.259 e. The molecular weight excluding hydrogens is 268 g/mol. The van der Waals surface area contributed by atoms with Crippen molar-refractivity contribution in [3.8, 4) is 0 Å². The van der Waals surface area contributed by atoms with Gasteiger partial charge in [-0.1, -0.05) is 19.0 Å². The molecule has 1 aliphatic rings. The second-order valence-corrected chi connectivity index (χ2v) is 5.91. The van der Waals surface area contributed by atoms with E-state index >= 15 is 0 Å². The van der Waals surface area contributed by atoms with Crippen molar-refractivity contribution in [2.45, 2.75) is 39.0 Å². The molecule has 21 heavy (non-hydrogen) atoms. The van der Waals surface area contributed by atoms with Gasteiger partial charge in [-0.2, -0.15) is 0 Å². The second-order valence-electron chi connectivity index (χ2n) is 5.91. The Bertz CT molecular complexity index is 628. The fourth-order valence-electron chi connectivity index (χ4n) is 2.90. The number of likely N-dealkylation sites (tertiary alicyclic amines) is 1. The molecular formula is C16H20N2O3. The number of aryl methyl sites for hydroxylation is 1. The van der Waals surface area contributed by atoms with E-state index in [9.17, 15) is 4.79 Å². The predicted octanol–water partition coefficient (Wildman–Crippen LogP) is 3.33. The van der Waals surface area contributed by atoms with Crippen molar-refractivity contribution in [3.05, 3.63) is 41.2 Å². The van der Waals surface area contributed by atoms with Crippen LogP contribution in [0.4, 0.5) is 0 Å². The molecule has 1 unspecified atom stereocenters. The zero-order valence-corrected chi connectivity index (χ0v) is 12.6. The number of furan rings is 1. The average molecular weight is 288 g/mol. The Balaban J connectivity index is 1.79. The molecule has 2 aromatic rings. The lowest BCUT2D eigenvalue weighted by Gasteiger charge is -2.16. The van der Waals surface area contributed by atoms with E-state index in [-0.39, 0.29) is 17.7 Å². The molecule has 0 N–H and O–H groups in total. The van der Waals surface area contributed by atoms with Crippen LogP contribution in [0.1, 0.15) is 59.7 Å². The van der Waals surface area contributed by atoms with Crippen molar-refractivity contribution in [2.75, 3.05) is 13.1 Å². The van der Waals surface area contributed by atoms with Gasteiger partial charge in [-0.15, -0.1) is 0 Å². The lowest BCUT2D eigenvalue weighted by atomic mass is 10.0. The topological polar surface area (TPSA) is 59.5 Å². The van der Waals surface area contributed by atoms with Crippen LogP contribution in [0, 0.1) is 6.92 Å². The fourth-order valence-corrected chi connectivity index (χ4v) is 2.90. The molecule has 1 fully saturated rings. The van der Waals surface area contributed by atoms with Gasteiger partial charge in [0.2, 0.25) is 0 Å². The molecule has 0 saturated carbocycles.